The third-order valence-electron chi connectivity index (χ3n) is 9.79. The Morgan fingerprint density at radius 3 is 2.71 bits per heavy atom. The molecule has 3 aromatic heterocycles. The quantitative estimate of drug-likeness (QED) is 0.274. The summed E-state index contributed by atoms with van der Waals surface area (Å²) in [5.74, 6) is -1.01. The first-order valence-corrected chi connectivity index (χ1v) is 16.2. The Morgan fingerprint density at radius 2 is 2.00 bits per heavy atom. The predicted octanol–water partition coefficient (Wildman–Crippen LogP) is 5.43. The maximum absolute atomic E-state index is 16.7. The highest BCUT2D eigenvalue weighted by atomic mass is 32.1. The number of aromatic nitrogens is 3. The van der Waals surface area contributed by atoms with Gasteiger partial charge in [0.25, 0.3) is 0 Å². The van der Waals surface area contributed by atoms with Gasteiger partial charge in [-0.05, 0) is 38.4 Å². The maximum atomic E-state index is 16.7. The number of thiophene rings is 1. The third-order valence-corrected chi connectivity index (χ3v) is 10.8. The number of ether oxygens (including phenoxy) is 1. The van der Waals surface area contributed by atoms with Crippen molar-refractivity contribution in [1.82, 2.24) is 25.2 Å². The van der Waals surface area contributed by atoms with Crippen LogP contribution in [0.4, 0.5) is 24.0 Å². The van der Waals surface area contributed by atoms with Gasteiger partial charge in [-0.3, -0.25) is 4.98 Å². The lowest BCUT2D eigenvalue weighted by Gasteiger charge is -2.45. The molecule has 13 heteroatoms. The molecule has 2 bridgehead atoms. The Kier molecular flexibility index (Phi) is 7.70. The summed E-state index contributed by atoms with van der Waals surface area (Å²) in [5, 5.41) is 14.8. The summed E-state index contributed by atoms with van der Waals surface area (Å²) >= 11 is 1.27. The number of anilines is 2. The van der Waals surface area contributed by atoms with Crippen molar-refractivity contribution in [2.45, 2.75) is 51.6 Å². The van der Waals surface area contributed by atoms with Gasteiger partial charge in [0, 0.05) is 64.9 Å². The van der Waals surface area contributed by atoms with Crippen molar-refractivity contribution in [2.75, 3.05) is 50.0 Å². The molecule has 0 unspecified atom stereocenters. The molecule has 0 aliphatic carbocycles. The van der Waals surface area contributed by atoms with E-state index in [1.54, 1.807) is 18.3 Å². The summed E-state index contributed by atoms with van der Waals surface area (Å²) in [6.45, 7) is 6.99. The second-order valence-corrected chi connectivity index (χ2v) is 13.8. The van der Waals surface area contributed by atoms with Gasteiger partial charge in [0.05, 0.1) is 17.6 Å². The Hall–Kier alpha value is -3.73. The molecule has 0 radical (unpaired) electrons. The highest BCUT2D eigenvalue weighted by molar-refractivity contribution is 7.23. The number of nitriles is 1. The summed E-state index contributed by atoms with van der Waals surface area (Å²) in [6, 6.07) is 8.00. The fourth-order valence-corrected chi connectivity index (χ4v) is 8.37. The molecule has 9 nitrogen and oxygen atoms in total. The number of nitrogen functional groups attached to an aromatic ring is 1. The molecule has 1 aromatic carbocycles. The molecule has 0 saturated carbocycles. The number of alkyl halides is 2. The fraction of sp³-hybridized carbons (Fsp3) is 0.500. The number of nitrogens with two attached hydrogens (primary N) is 1. The van der Waals surface area contributed by atoms with Gasteiger partial charge >= 0.3 is 6.01 Å². The van der Waals surface area contributed by atoms with E-state index in [1.165, 1.54) is 11.3 Å². The van der Waals surface area contributed by atoms with Gasteiger partial charge in [0.1, 0.15) is 28.1 Å². The van der Waals surface area contributed by atoms with E-state index in [-0.39, 0.29) is 41.5 Å². The second kappa shape index (κ2) is 11.6. The standard InChI is InChI=1S/C32H35F3N8OS/c1-3-42-10-9-22(28(34)35)32(2,15-42)16-44-31-40-27-21(30(41-31)43-13-17-7-8-18(14-43)39-17)12-38-26(25(27)33)19-5-4-6-23-24(19)20(11-36)29(37)45-23/h4-6,12,17-18,22,28,39H,3,7-10,13-16,37H2,1-2H3/t17-,18+,22-,32+/m1/s1. The van der Waals surface area contributed by atoms with Gasteiger partial charge in [0.15, 0.2) is 5.82 Å². The van der Waals surface area contributed by atoms with Crippen molar-refractivity contribution in [3.63, 3.8) is 0 Å². The summed E-state index contributed by atoms with van der Waals surface area (Å²) < 4.78 is 52.0. The van der Waals surface area contributed by atoms with Gasteiger partial charge < -0.3 is 25.6 Å². The minimum atomic E-state index is -2.49. The van der Waals surface area contributed by atoms with Gasteiger partial charge in [-0.1, -0.05) is 26.0 Å². The van der Waals surface area contributed by atoms with Crippen molar-refractivity contribution in [2.24, 2.45) is 11.3 Å². The lowest BCUT2D eigenvalue weighted by atomic mass is 9.73. The van der Waals surface area contributed by atoms with Crippen molar-refractivity contribution in [3.8, 4) is 23.3 Å². The van der Waals surface area contributed by atoms with Crippen LogP contribution in [0.2, 0.25) is 0 Å². The molecule has 6 heterocycles. The number of benzene rings is 1. The SMILES string of the molecule is CCN1CC[C@H](C(F)F)[C@](C)(COc2nc(N3C[C@H]4CC[C@@H](C3)N4)c3cnc(-c4cccc5sc(N)c(C#N)c45)c(F)c3n2)C1. The van der Waals surface area contributed by atoms with Gasteiger partial charge in [-0.2, -0.15) is 15.2 Å². The average molecular weight is 637 g/mol. The molecule has 4 aromatic rings. The summed E-state index contributed by atoms with van der Waals surface area (Å²) in [7, 11) is 0. The summed E-state index contributed by atoms with van der Waals surface area (Å²) in [4.78, 5) is 18.1. The first-order valence-electron chi connectivity index (χ1n) is 15.4. The molecule has 7 rings (SSSR count). The molecular weight excluding hydrogens is 601 g/mol. The van der Waals surface area contributed by atoms with Gasteiger partial charge in [-0.25, -0.2) is 13.2 Å². The van der Waals surface area contributed by atoms with Gasteiger partial charge in [0.2, 0.25) is 6.43 Å². The summed E-state index contributed by atoms with van der Waals surface area (Å²) in [6.07, 6.45) is 1.54. The van der Waals surface area contributed by atoms with E-state index >= 15 is 4.39 Å². The molecule has 3 fully saturated rings. The molecule has 3 aliphatic heterocycles. The van der Waals surface area contributed by atoms with E-state index < -0.39 is 23.6 Å². The first-order chi connectivity index (χ1) is 21.7. The maximum Gasteiger partial charge on any atom is 0.319 e. The number of nitrogens with one attached hydrogen (secondary N) is 1. The summed E-state index contributed by atoms with van der Waals surface area (Å²) in [5.41, 5.74) is 6.06. The van der Waals surface area contributed by atoms with Crippen LogP contribution in [0.1, 0.15) is 38.7 Å². The van der Waals surface area contributed by atoms with E-state index in [0.717, 1.165) is 24.1 Å². The van der Waals surface area contributed by atoms with Crippen LogP contribution in [0.5, 0.6) is 6.01 Å². The van der Waals surface area contributed by atoms with E-state index in [1.807, 2.05) is 19.9 Å². The number of nitrogens with zero attached hydrogens (tertiary/aromatic N) is 6. The van der Waals surface area contributed by atoms with Crippen LogP contribution in [-0.4, -0.2) is 77.7 Å². The highest BCUT2D eigenvalue weighted by Gasteiger charge is 2.45. The minimum absolute atomic E-state index is 0.0268. The first kappa shape index (κ1) is 30.0. The predicted molar refractivity (Wildman–Crippen MR) is 169 cm³/mol. The molecule has 3 aliphatic rings. The zero-order chi connectivity index (χ0) is 31.5. The zero-order valence-electron chi connectivity index (χ0n) is 25.2. The Morgan fingerprint density at radius 1 is 1.22 bits per heavy atom. The van der Waals surface area contributed by atoms with Crippen LogP contribution < -0.4 is 20.7 Å². The molecule has 45 heavy (non-hydrogen) atoms. The fourth-order valence-electron chi connectivity index (χ4n) is 7.42. The molecular formula is C32H35F3N8OS. The van der Waals surface area contributed by atoms with E-state index in [9.17, 15) is 14.0 Å². The van der Waals surface area contributed by atoms with Crippen LogP contribution in [0.3, 0.4) is 0 Å². The smallest absolute Gasteiger partial charge is 0.319 e. The topological polar surface area (TPSA) is 116 Å². The van der Waals surface area contributed by atoms with Crippen molar-refractivity contribution < 1.29 is 17.9 Å². The molecule has 0 spiro atoms. The van der Waals surface area contributed by atoms with E-state index in [4.69, 9.17) is 15.5 Å². The van der Waals surface area contributed by atoms with Gasteiger partial charge in [-0.15, -0.1) is 11.3 Å². The Balaban J connectivity index is 1.33. The number of piperidine rings is 1. The molecule has 3 saturated heterocycles. The normalized spacial score (nSPS) is 25.4. The lowest BCUT2D eigenvalue weighted by Crippen LogP contribution is -2.52. The third kappa shape index (κ3) is 5.22. The zero-order valence-corrected chi connectivity index (χ0v) is 26.0. The van der Waals surface area contributed by atoms with Crippen molar-refractivity contribution in [3.05, 3.63) is 35.8 Å². The Labute approximate surface area is 263 Å². The van der Waals surface area contributed by atoms with Crippen LogP contribution in [-0.2, 0) is 0 Å². The number of fused-ring (bicyclic) bond motifs is 4. The largest absolute Gasteiger partial charge is 0.463 e. The van der Waals surface area contributed by atoms with Crippen molar-refractivity contribution in [1.29, 1.82) is 5.26 Å². The molecule has 236 valence electrons. The van der Waals surface area contributed by atoms with Crippen LogP contribution >= 0.6 is 11.3 Å². The molecule has 4 atom stereocenters. The lowest BCUT2D eigenvalue weighted by molar-refractivity contribution is -0.0721. The average Bonchev–Trinajstić information content (AvgIpc) is 3.55. The van der Waals surface area contributed by atoms with E-state index in [0.29, 0.717) is 59.8 Å². The van der Waals surface area contributed by atoms with Crippen LogP contribution in [0.15, 0.2) is 24.4 Å². The van der Waals surface area contributed by atoms with Crippen LogP contribution in [0, 0.1) is 28.5 Å². The van der Waals surface area contributed by atoms with Crippen LogP contribution in [0.25, 0.3) is 32.2 Å². The number of likely N-dealkylation sites (tertiary alicyclic amines) is 1. The molecule has 0 amide bonds. The monoisotopic (exact) mass is 636 g/mol. The second-order valence-electron chi connectivity index (χ2n) is 12.7. The number of halogens is 3. The van der Waals surface area contributed by atoms with E-state index in [2.05, 4.69) is 31.2 Å². The Bertz CT molecular complexity index is 1800. The number of hydrogen-bond donors (Lipinski definition) is 2. The molecule has 3 N–H and O–H groups in total. The van der Waals surface area contributed by atoms with Crippen molar-refractivity contribution >= 4 is 43.1 Å². The number of hydrogen-bond acceptors (Lipinski definition) is 10. The number of piperazine rings is 1. The number of rotatable bonds is 7. The minimum Gasteiger partial charge on any atom is -0.463 e. The number of pyridine rings is 1. The highest BCUT2D eigenvalue weighted by Crippen LogP contribution is 2.42.